The Labute approximate surface area is 88.3 Å². The number of hydrogen-bond donors (Lipinski definition) is 1. The average Bonchev–Trinajstić information content (AvgIpc) is 2.19. The molecule has 1 aliphatic rings. The minimum Gasteiger partial charge on any atom is -0.373 e. The number of rotatable bonds is 1. The van der Waals surface area contributed by atoms with Gasteiger partial charge in [0.05, 0.1) is 10.7 Å². The second-order valence-electron chi connectivity index (χ2n) is 2.69. The lowest BCUT2D eigenvalue weighted by atomic mass is 10.1. The molecule has 6 heteroatoms. The third kappa shape index (κ3) is 1.66. The van der Waals surface area contributed by atoms with Crippen LogP contribution in [0.25, 0.3) is 0 Å². The molecule has 1 aromatic rings. The second-order valence-corrected chi connectivity index (χ2v) is 3.61. The average molecular weight is 256 g/mol. The highest BCUT2D eigenvalue weighted by Gasteiger charge is 2.29. The largest absolute Gasteiger partial charge is 0.373 e. The number of aliphatic hydroxyl groups is 1. The van der Waals surface area contributed by atoms with Gasteiger partial charge in [0.2, 0.25) is 0 Å². The topological polar surface area (TPSA) is 67.6 Å². The van der Waals surface area contributed by atoms with Crippen LogP contribution in [0.1, 0.15) is 5.82 Å². The van der Waals surface area contributed by atoms with Crippen molar-refractivity contribution >= 4 is 22.1 Å². The van der Waals surface area contributed by atoms with Crippen LogP contribution < -0.4 is 0 Å². The molecule has 0 aromatic carbocycles. The maximum Gasteiger partial charge on any atom is 0.184 e. The van der Waals surface area contributed by atoms with Gasteiger partial charge in [-0.3, -0.25) is 0 Å². The van der Waals surface area contributed by atoms with E-state index in [1.165, 1.54) is 18.6 Å². The summed E-state index contributed by atoms with van der Waals surface area (Å²) < 4.78 is 0.748. The molecule has 0 amide bonds. The third-order valence-corrected chi connectivity index (χ3v) is 2.08. The van der Waals surface area contributed by atoms with Crippen LogP contribution in [0.5, 0.6) is 0 Å². The minimum absolute atomic E-state index is 0.254. The summed E-state index contributed by atoms with van der Waals surface area (Å²) in [6.45, 7) is 0. The van der Waals surface area contributed by atoms with E-state index in [2.05, 4.69) is 35.9 Å². The van der Waals surface area contributed by atoms with Crippen LogP contribution in [-0.2, 0) is 10.4 Å². The summed E-state index contributed by atoms with van der Waals surface area (Å²) >= 11 is 3.20. The zero-order chi connectivity index (χ0) is 10.0. The van der Waals surface area contributed by atoms with Crippen LogP contribution >= 0.6 is 15.9 Å². The van der Waals surface area contributed by atoms with Gasteiger partial charge in [0.25, 0.3) is 0 Å². The molecule has 0 bridgehead atoms. The van der Waals surface area contributed by atoms with Crippen molar-refractivity contribution in [2.45, 2.75) is 5.60 Å². The molecule has 0 saturated heterocycles. The fraction of sp³-hybridized carbons (Fsp3) is 0.125. The van der Waals surface area contributed by atoms with Gasteiger partial charge in [0.15, 0.2) is 11.4 Å². The molecule has 0 fully saturated rings. The molecule has 2 rings (SSSR count). The van der Waals surface area contributed by atoms with Crippen LogP contribution in [0.15, 0.2) is 34.4 Å². The van der Waals surface area contributed by atoms with Gasteiger partial charge in [-0.05, 0) is 22.0 Å². The minimum atomic E-state index is -1.38. The highest BCUT2D eigenvalue weighted by molar-refractivity contribution is 9.10. The van der Waals surface area contributed by atoms with E-state index < -0.39 is 5.60 Å². The van der Waals surface area contributed by atoms with Crippen molar-refractivity contribution in [3.63, 3.8) is 0 Å². The molecule has 0 spiro atoms. The molecule has 1 aliphatic heterocycles. The standard InChI is InChI=1S/C8H6BrN3O2/c9-6-3-10-7(11-4-6)8(13)1-2-14-12-5-8/h1-5,13H. The quantitative estimate of drug-likeness (QED) is 0.812. The number of halogens is 1. The van der Waals surface area contributed by atoms with Crippen LogP contribution in [0, 0.1) is 0 Å². The van der Waals surface area contributed by atoms with E-state index in [0.717, 1.165) is 4.47 Å². The van der Waals surface area contributed by atoms with Crippen LogP contribution in [0.3, 0.4) is 0 Å². The van der Waals surface area contributed by atoms with Crippen molar-refractivity contribution in [1.82, 2.24) is 9.97 Å². The highest BCUT2D eigenvalue weighted by atomic mass is 79.9. The van der Waals surface area contributed by atoms with Gasteiger partial charge in [-0.15, -0.1) is 0 Å². The molecular formula is C8H6BrN3O2. The first-order valence-corrected chi connectivity index (χ1v) is 4.58. The van der Waals surface area contributed by atoms with Crippen molar-refractivity contribution in [2.24, 2.45) is 5.16 Å². The van der Waals surface area contributed by atoms with Gasteiger partial charge < -0.3 is 9.94 Å². The fourth-order valence-electron chi connectivity index (χ4n) is 0.974. The predicted octanol–water partition coefficient (Wildman–Crippen LogP) is 0.956. The van der Waals surface area contributed by atoms with E-state index in [1.54, 1.807) is 12.4 Å². The Balaban J connectivity index is 2.38. The van der Waals surface area contributed by atoms with Gasteiger partial charge in [-0.2, -0.15) is 0 Å². The number of aromatic nitrogens is 2. The first-order valence-electron chi connectivity index (χ1n) is 3.79. The number of oxime groups is 1. The monoisotopic (exact) mass is 255 g/mol. The summed E-state index contributed by atoms with van der Waals surface area (Å²) in [5.74, 6) is 0.254. The van der Waals surface area contributed by atoms with Crippen molar-refractivity contribution in [3.05, 3.63) is 35.0 Å². The normalized spacial score (nSPS) is 24.7. The summed E-state index contributed by atoms with van der Waals surface area (Å²) in [4.78, 5) is 12.5. The van der Waals surface area contributed by atoms with Crippen LogP contribution in [0.4, 0.5) is 0 Å². The van der Waals surface area contributed by atoms with E-state index >= 15 is 0 Å². The van der Waals surface area contributed by atoms with Gasteiger partial charge in [0, 0.05) is 12.4 Å². The smallest absolute Gasteiger partial charge is 0.184 e. The second kappa shape index (κ2) is 3.47. The molecule has 0 saturated carbocycles. The number of nitrogens with zero attached hydrogens (tertiary/aromatic N) is 3. The molecule has 5 nitrogen and oxygen atoms in total. The molecule has 1 atom stereocenters. The van der Waals surface area contributed by atoms with Crippen molar-refractivity contribution in [2.75, 3.05) is 0 Å². The molecule has 1 N–H and O–H groups in total. The first kappa shape index (κ1) is 9.29. The highest BCUT2D eigenvalue weighted by Crippen LogP contribution is 2.20. The molecule has 2 heterocycles. The first-order chi connectivity index (χ1) is 6.71. The Morgan fingerprint density at radius 1 is 1.36 bits per heavy atom. The van der Waals surface area contributed by atoms with Gasteiger partial charge in [0.1, 0.15) is 6.26 Å². The van der Waals surface area contributed by atoms with Crippen molar-refractivity contribution < 1.29 is 9.94 Å². The van der Waals surface area contributed by atoms with Gasteiger partial charge in [-0.1, -0.05) is 5.16 Å². The molecule has 14 heavy (non-hydrogen) atoms. The van der Waals surface area contributed by atoms with E-state index in [1.807, 2.05) is 0 Å². The maximum absolute atomic E-state index is 9.98. The third-order valence-electron chi connectivity index (χ3n) is 1.67. The zero-order valence-corrected chi connectivity index (χ0v) is 8.55. The van der Waals surface area contributed by atoms with E-state index in [9.17, 15) is 5.11 Å². The molecule has 72 valence electrons. The molecule has 0 aliphatic carbocycles. The van der Waals surface area contributed by atoms with Crippen LogP contribution in [0.2, 0.25) is 0 Å². The Morgan fingerprint density at radius 2 is 2.07 bits per heavy atom. The Kier molecular flexibility index (Phi) is 2.30. The van der Waals surface area contributed by atoms with E-state index in [-0.39, 0.29) is 5.82 Å². The fourth-order valence-corrected chi connectivity index (χ4v) is 1.18. The maximum atomic E-state index is 9.98. The molecule has 0 radical (unpaired) electrons. The van der Waals surface area contributed by atoms with Crippen molar-refractivity contribution in [3.8, 4) is 0 Å². The van der Waals surface area contributed by atoms with Crippen LogP contribution in [-0.4, -0.2) is 21.3 Å². The Hall–Kier alpha value is -1.27. The van der Waals surface area contributed by atoms with Crippen molar-refractivity contribution in [1.29, 1.82) is 0 Å². The lowest BCUT2D eigenvalue weighted by Crippen LogP contribution is -2.29. The summed E-state index contributed by atoms with van der Waals surface area (Å²) in [6, 6.07) is 0. The summed E-state index contributed by atoms with van der Waals surface area (Å²) in [5.41, 5.74) is -1.38. The lowest BCUT2D eigenvalue weighted by Gasteiger charge is -2.18. The Morgan fingerprint density at radius 3 is 2.64 bits per heavy atom. The lowest BCUT2D eigenvalue weighted by molar-refractivity contribution is 0.134. The van der Waals surface area contributed by atoms with Gasteiger partial charge in [-0.25, -0.2) is 9.97 Å². The number of hydrogen-bond acceptors (Lipinski definition) is 5. The zero-order valence-electron chi connectivity index (χ0n) is 6.96. The SMILES string of the molecule is OC1(c2ncc(Br)cn2)C=CON=C1. The summed E-state index contributed by atoms with van der Waals surface area (Å²) in [5, 5.41) is 13.5. The summed E-state index contributed by atoms with van der Waals surface area (Å²) in [7, 11) is 0. The van der Waals surface area contributed by atoms with E-state index in [4.69, 9.17) is 0 Å². The summed E-state index contributed by atoms with van der Waals surface area (Å²) in [6.07, 6.45) is 7.04. The van der Waals surface area contributed by atoms with E-state index in [0.29, 0.717) is 0 Å². The molecule has 1 unspecified atom stereocenters. The predicted molar refractivity (Wildman–Crippen MR) is 52.3 cm³/mol. The van der Waals surface area contributed by atoms with Gasteiger partial charge >= 0.3 is 0 Å². The Bertz CT molecular complexity index is 376. The molecular weight excluding hydrogens is 250 g/mol. The molecule has 1 aromatic heterocycles.